The zero-order valence-corrected chi connectivity index (χ0v) is 38.5. The largest absolute Gasteiger partial charge is 4.00 e. The number of carbonyl (C=O) groups is 2. The van der Waals surface area contributed by atoms with Gasteiger partial charge in [0.25, 0.3) is 0 Å². The van der Waals surface area contributed by atoms with Gasteiger partial charge in [-0.3, -0.25) is 0 Å². The standard InChI is InChI=1S/2C22H44O2.2ClH.Sn/c2*1-2-3-4-5-6-7-8-9-10-11-12-13-14-15-16-17-18-19-20-21-22(23)24;;;/h2*2-21H2,1H3,(H,23,24);2*1H;/q;;;;+4/p-4. The van der Waals surface area contributed by atoms with E-state index in [2.05, 4.69) is 13.8 Å². The third-order valence-corrected chi connectivity index (χ3v) is 9.97. The van der Waals surface area contributed by atoms with Crippen LogP contribution in [-0.2, 0) is 9.59 Å². The SMILES string of the molecule is CCCCCCCCCCCCCCCCCCCCCC(=O)[O-].CCCCCCCCCCCCCCCCCCCCCC(=O)[O-].[Cl-].[Cl-].[Sn+4]. The van der Waals surface area contributed by atoms with Crippen molar-refractivity contribution in [3.8, 4) is 0 Å². The number of carboxylic acid groups (broad SMARTS) is 2. The first-order valence-electron chi connectivity index (χ1n) is 21.9. The van der Waals surface area contributed by atoms with Gasteiger partial charge in [0.1, 0.15) is 0 Å². The molecule has 0 fully saturated rings. The molecule has 0 aliphatic heterocycles. The zero-order valence-electron chi connectivity index (χ0n) is 34.2. The molecular weight excluding hydrogens is 782 g/mol. The monoisotopic (exact) mass is 868 g/mol. The van der Waals surface area contributed by atoms with Gasteiger partial charge in [0.15, 0.2) is 0 Å². The van der Waals surface area contributed by atoms with Crippen LogP contribution in [0, 0.1) is 0 Å². The second kappa shape index (κ2) is 57.0. The Hall–Kier alpha value is 0.319. The third kappa shape index (κ3) is 65.6. The van der Waals surface area contributed by atoms with E-state index >= 15 is 0 Å². The number of carboxylic acids is 2. The average Bonchev–Trinajstić information content (AvgIpc) is 3.07. The minimum absolute atomic E-state index is 0. The van der Waals surface area contributed by atoms with Gasteiger partial charge in [-0.15, -0.1) is 0 Å². The van der Waals surface area contributed by atoms with Crippen molar-refractivity contribution < 1.29 is 44.6 Å². The van der Waals surface area contributed by atoms with Crippen molar-refractivity contribution in [3.05, 3.63) is 0 Å². The summed E-state index contributed by atoms with van der Waals surface area (Å²) in [6, 6.07) is 0. The molecule has 0 heterocycles. The maximum atomic E-state index is 10.3. The minimum Gasteiger partial charge on any atom is -1.00 e. The molecule has 0 aliphatic carbocycles. The zero-order chi connectivity index (χ0) is 35.4. The average molecular weight is 869 g/mol. The summed E-state index contributed by atoms with van der Waals surface area (Å²) in [6.07, 6.45) is 51.5. The second-order valence-corrected chi connectivity index (χ2v) is 15.0. The van der Waals surface area contributed by atoms with Crippen molar-refractivity contribution in [1.82, 2.24) is 0 Å². The van der Waals surface area contributed by atoms with Crippen LogP contribution in [0.3, 0.4) is 0 Å². The van der Waals surface area contributed by atoms with Crippen LogP contribution in [0.4, 0.5) is 0 Å². The molecule has 0 aromatic carbocycles. The van der Waals surface area contributed by atoms with Gasteiger partial charge in [0.2, 0.25) is 0 Å². The molecule has 0 radical (unpaired) electrons. The van der Waals surface area contributed by atoms with Crippen LogP contribution in [0.1, 0.15) is 271 Å². The van der Waals surface area contributed by atoms with Crippen LogP contribution in [0.2, 0.25) is 0 Å². The summed E-state index contributed by atoms with van der Waals surface area (Å²) in [4.78, 5) is 20.5. The molecule has 0 unspecified atom stereocenters. The van der Waals surface area contributed by atoms with E-state index in [0.717, 1.165) is 25.7 Å². The van der Waals surface area contributed by atoms with E-state index in [1.807, 2.05) is 0 Å². The number of hydrogen-bond acceptors (Lipinski definition) is 4. The molecule has 0 atom stereocenters. The summed E-state index contributed by atoms with van der Waals surface area (Å²) in [7, 11) is 0. The first-order valence-corrected chi connectivity index (χ1v) is 21.9. The Bertz CT molecular complexity index is 572. The summed E-state index contributed by atoms with van der Waals surface area (Å²) in [5.41, 5.74) is 0. The Labute approximate surface area is 349 Å². The van der Waals surface area contributed by atoms with Gasteiger partial charge >= 0.3 is 23.9 Å². The molecule has 304 valence electrons. The molecule has 51 heavy (non-hydrogen) atoms. The summed E-state index contributed by atoms with van der Waals surface area (Å²) in [5.74, 6) is -1.80. The van der Waals surface area contributed by atoms with Crippen molar-refractivity contribution in [2.45, 2.75) is 271 Å². The number of rotatable bonds is 40. The normalized spacial score (nSPS) is 10.4. The Balaban J connectivity index is -0.000000261. The fourth-order valence-corrected chi connectivity index (χ4v) is 6.70. The summed E-state index contributed by atoms with van der Waals surface area (Å²) in [6.45, 7) is 4.56. The molecule has 0 aliphatic rings. The van der Waals surface area contributed by atoms with Crippen LogP contribution >= 0.6 is 0 Å². The third-order valence-electron chi connectivity index (χ3n) is 9.97. The van der Waals surface area contributed by atoms with E-state index in [1.54, 1.807) is 0 Å². The first kappa shape index (κ1) is 60.6. The number of aliphatic carboxylic acids is 2. The van der Waals surface area contributed by atoms with Gasteiger partial charge in [0, 0.05) is 11.9 Å². The quantitative estimate of drug-likeness (QED) is 0.0505. The fourth-order valence-electron chi connectivity index (χ4n) is 6.70. The van der Waals surface area contributed by atoms with Gasteiger partial charge in [-0.1, -0.05) is 245 Å². The van der Waals surface area contributed by atoms with Crippen LogP contribution in [0.15, 0.2) is 0 Å². The molecule has 0 amide bonds. The molecule has 0 saturated heterocycles. The van der Waals surface area contributed by atoms with E-state index in [4.69, 9.17) is 0 Å². The molecular formula is C44H86Cl2O4Sn. The summed E-state index contributed by atoms with van der Waals surface area (Å²) in [5, 5.41) is 20.5. The van der Waals surface area contributed by atoms with E-state index in [0.29, 0.717) is 0 Å². The van der Waals surface area contributed by atoms with Crippen LogP contribution in [0.5, 0.6) is 0 Å². The minimum atomic E-state index is -0.901. The summed E-state index contributed by atoms with van der Waals surface area (Å²) >= 11 is 0. The predicted molar refractivity (Wildman–Crippen MR) is 212 cm³/mol. The Kier molecular flexibility index (Phi) is 67.7. The van der Waals surface area contributed by atoms with Gasteiger partial charge in [0.05, 0.1) is 0 Å². The van der Waals surface area contributed by atoms with Crippen molar-refractivity contribution >= 4 is 35.8 Å². The Morgan fingerprint density at radius 2 is 0.392 bits per heavy atom. The molecule has 0 aromatic heterocycles. The fraction of sp³-hybridized carbons (Fsp3) is 0.955. The maximum absolute atomic E-state index is 10.3. The molecule has 4 nitrogen and oxygen atoms in total. The molecule has 0 spiro atoms. The van der Waals surface area contributed by atoms with Crippen molar-refractivity contribution in [3.63, 3.8) is 0 Å². The molecule has 0 rings (SSSR count). The number of halogens is 2. The van der Waals surface area contributed by atoms with Crippen LogP contribution in [0.25, 0.3) is 0 Å². The van der Waals surface area contributed by atoms with Gasteiger partial charge < -0.3 is 44.6 Å². The van der Waals surface area contributed by atoms with Crippen LogP contribution in [-0.4, -0.2) is 35.8 Å². The molecule has 0 N–H and O–H groups in total. The van der Waals surface area contributed by atoms with Crippen molar-refractivity contribution in [2.24, 2.45) is 0 Å². The van der Waals surface area contributed by atoms with Crippen molar-refractivity contribution in [1.29, 1.82) is 0 Å². The smallest absolute Gasteiger partial charge is 1.00 e. The van der Waals surface area contributed by atoms with E-state index in [1.165, 1.54) is 218 Å². The van der Waals surface area contributed by atoms with Gasteiger partial charge in [-0.05, 0) is 25.7 Å². The summed E-state index contributed by atoms with van der Waals surface area (Å²) < 4.78 is 0. The second-order valence-electron chi connectivity index (χ2n) is 15.0. The molecule has 0 saturated carbocycles. The van der Waals surface area contributed by atoms with Gasteiger partial charge in [-0.25, -0.2) is 0 Å². The van der Waals surface area contributed by atoms with Crippen molar-refractivity contribution in [2.75, 3.05) is 0 Å². The number of hydrogen-bond donors (Lipinski definition) is 0. The van der Waals surface area contributed by atoms with E-state index in [9.17, 15) is 19.8 Å². The van der Waals surface area contributed by atoms with Gasteiger partial charge in [-0.2, -0.15) is 0 Å². The predicted octanol–water partition coefficient (Wildman–Crippen LogP) is 6.74. The molecule has 7 heteroatoms. The van der Waals surface area contributed by atoms with E-state index < -0.39 is 11.9 Å². The topological polar surface area (TPSA) is 80.3 Å². The first-order chi connectivity index (χ1) is 23.5. The Morgan fingerprint density at radius 3 is 0.510 bits per heavy atom. The molecule has 0 aromatic rings. The number of carbonyl (C=O) groups excluding carboxylic acids is 2. The number of unbranched alkanes of at least 4 members (excludes halogenated alkanes) is 36. The van der Waals surface area contributed by atoms with Crippen LogP contribution < -0.4 is 35.0 Å². The maximum Gasteiger partial charge on any atom is 4.00 e. The molecule has 0 bridgehead atoms. The van der Waals surface area contributed by atoms with E-state index in [-0.39, 0.29) is 61.6 Å². The Morgan fingerprint density at radius 1 is 0.275 bits per heavy atom.